The summed E-state index contributed by atoms with van der Waals surface area (Å²) in [5.74, 6) is 0. The maximum atomic E-state index is 12.9. The van der Waals surface area contributed by atoms with Crippen molar-refractivity contribution in [1.82, 2.24) is 5.32 Å². The third-order valence-electron chi connectivity index (χ3n) is 3.76. The van der Waals surface area contributed by atoms with E-state index in [4.69, 9.17) is 4.74 Å². The normalized spacial score (nSPS) is 33.0. The minimum atomic E-state index is -4.92. The minimum Gasteiger partial charge on any atom is -0.443 e. The molecule has 1 saturated heterocycles. The van der Waals surface area contributed by atoms with Crippen LogP contribution in [-0.2, 0) is 4.74 Å². The average Bonchev–Trinajstić information content (AvgIpc) is 2.66. The quantitative estimate of drug-likeness (QED) is 0.742. The first kappa shape index (κ1) is 16.7. The van der Waals surface area contributed by atoms with Gasteiger partial charge < -0.3 is 10.1 Å². The first-order valence-electron chi connectivity index (χ1n) is 6.38. The number of nitrogens with one attached hydrogen (secondary N) is 1. The van der Waals surface area contributed by atoms with Gasteiger partial charge in [0.05, 0.1) is 11.6 Å². The Morgan fingerprint density at radius 2 is 1.82 bits per heavy atom. The third-order valence-corrected chi connectivity index (χ3v) is 3.76. The van der Waals surface area contributed by atoms with Gasteiger partial charge in [0.15, 0.2) is 0 Å². The molecule has 3 atom stereocenters. The molecule has 22 heavy (non-hydrogen) atoms. The second kappa shape index (κ2) is 4.92. The van der Waals surface area contributed by atoms with E-state index in [9.17, 15) is 31.1 Å². The van der Waals surface area contributed by atoms with Crippen LogP contribution in [0.25, 0.3) is 0 Å². The molecule has 1 amide bonds. The standard InChI is InChI=1S/C13H13F6NO2/c1-6-9(22-10(21)20-6)11(2)4-7(12(14,15)16)3-8(5-11)13(17,18)19/h3-4,6,9H,5H2,1-2H3,(H,20,21)/t6-,9-,11?/m0/s1. The minimum absolute atomic E-state index is 0.108. The van der Waals surface area contributed by atoms with Crippen molar-refractivity contribution in [1.29, 1.82) is 0 Å². The molecule has 1 aliphatic heterocycles. The summed E-state index contributed by atoms with van der Waals surface area (Å²) >= 11 is 0. The third kappa shape index (κ3) is 3.07. The van der Waals surface area contributed by atoms with Crippen LogP contribution in [0, 0.1) is 5.41 Å². The lowest BCUT2D eigenvalue weighted by molar-refractivity contribution is -0.104. The van der Waals surface area contributed by atoms with Crippen LogP contribution in [0.4, 0.5) is 31.1 Å². The number of carbonyl (C=O) groups is 1. The van der Waals surface area contributed by atoms with Gasteiger partial charge in [-0.05, 0) is 19.4 Å². The van der Waals surface area contributed by atoms with Gasteiger partial charge in [-0.25, -0.2) is 4.79 Å². The summed E-state index contributed by atoms with van der Waals surface area (Å²) in [6, 6.07) is -0.698. The summed E-state index contributed by atoms with van der Waals surface area (Å²) in [4.78, 5) is 11.2. The summed E-state index contributed by atoms with van der Waals surface area (Å²) in [7, 11) is 0. The van der Waals surface area contributed by atoms with E-state index in [0.29, 0.717) is 6.08 Å². The van der Waals surface area contributed by atoms with Crippen molar-refractivity contribution in [3.05, 3.63) is 23.3 Å². The van der Waals surface area contributed by atoms with Crippen LogP contribution in [0.2, 0.25) is 0 Å². The number of rotatable bonds is 1. The molecule has 0 aromatic heterocycles. The highest BCUT2D eigenvalue weighted by atomic mass is 19.4. The van der Waals surface area contributed by atoms with Gasteiger partial charge in [-0.15, -0.1) is 0 Å². The molecule has 0 aromatic carbocycles. The number of alkyl halides is 6. The molecule has 1 heterocycles. The molecule has 9 heteroatoms. The first-order valence-corrected chi connectivity index (χ1v) is 6.38. The van der Waals surface area contributed by atoms with E-state index in [1.165, 1.54) is 13.8 Å². The zero-order valence-electron chi connectivity index (χ0n) is 11.6. The largest absolute Gasteiger partial charge is 0.443 e. The Bertz CT molecular complexity index is 548. The van der Waals surface area contributed by atoms with Gasteiger partial charge in [-0.1, -0.05) is 13.0 Å². The predicted molar refractivity (Wildman–Crippen MR) is 63.9 cm³/mol. The fraction of sp³-hybridized carbons (Fsp3) is 0.615. The monoisotopic (exact) mass is 329 g/mol. The highest BCUT2D eigenvalue weighted by molar-refractivity contribution is 5.70. The lowest BCUT2D eigenvalue weighted by Crippen LogP contribution is -2.43. The highest BCUT2D eigenvalue weighted by Gasteiger charge is 2.51. The lowest BCUT2D eigenvalue weighted by atomic mass is 9.71. The molecule has 0 bridgehead atoms. The van der Waals surface area contributed by atoms with Crippen LogP contribution in [0.1, 0.15) is 20.3 Å². The lowest BCUT2D eigenvalue weighted by Gasteiger charge is -2.37. The highest BCUT2D eigenvalue weighted by Crippen LogP contribution is 2.48. The number of hydrogen-bond acceptors (Lipinski definition) is 2. The van der Waals surface area contributed by atoms with Crippen molar-refractivity contribution in [2.75, 3.05) is 0 Å². The fourth-order valence-corrected chi connectivity index (χ4v) is 2.84. The molecule has 0 spiro atoms. The molecule has 0 aromatic rings. The Morgan fingerprint density at radius 1 is 1.23 bits per heavy atom. The van der Waals surface area contributed by atoms with E-state index in [2.05, 4.69) is 5.32 Å². The van der Waals surface area contributed by atoms with Crippen molar-refractivity contribution in [2.24, 2.45) is 5.41 Å². The number of carbonyl (C=O) groups excluding carboxylic acids is 1. The van der Waals surface area contributed by atoms with E-state index >= 15 is 0 Å². The van der Waals surface area contributed by atoms with E-state index in [-0.39, 0.29) is 6.08 Å². The summed E-state index contributed by atoms with van der Waals surface area (Å²) in [5.41, 5.74) is -4.29. The molecule has 2 aliphatic rings. The Hall–Kier alpha value is -1.67. The maximum Gasteiger partial charge on any atom is 0.416 e. The molecule has 1 aliphatic carbocycles. The van der Waals surface area contributed by atoms with E-state index in [1.807, 2.05) is 0 Å². The van der Waals surface area contributed by atoms with Gasteiger partial charge in [0.1, 0.15) is 6.10 Å². The number of halogens is 6. The molecule has 0 radical (unpaired) electrons. The topological polar surface area (TPSA) is 38.3 Å². The van der Waals surface area contributed by atoms with Crippen molar-refractivity contribution in [3.63, 3.8) is 0 Å². The number of amides is 1. The summed E-state index contributed by atoms with van der Waals surface area (Å²) in [6.07, 6.45) is -11.7. The van der Waals surface area contributed by atoms with Gasteiger partial charge in [-0.2, -0.15) is 26.3 Å². The molecular weight excluding hydrogens is 316 g/mol. The second-order valence-electron chi connectivity index (χ2n) is 5.71. The Labute approximate surface area is 122 Å². The number of ether oxygens (including phenoxy) is 1. The molecule has 0 saturated carbocycles. The van der Waals surface area contributed by atoms with Crippen LogP contribution in [-0.4, -0.2) is 30.6 Å². The zero-order chi connectivity index (χ0) is 16.9. The van der Waals surface area contributed by atoms with E-state index in [1.54, 1.807) is 0 Å². The molecule has 1 unspecified atom stereocenters. The molecule has 124 valence electrons. The summed E-state index contributed by atoms with van der Waals surface area (Å²) in [6.45, 7) is 2.69. The second-order valence-corrected chi connectivity index (χ2v) is 5.71. The summed E-state index contributed by atoms with van der Waals surface area (Å²) < 4.78 is 82.4. The fourth-order valence-electron chi connectivity index (χ4n) is 2.84. The zero-order valence-corrected chi connectivity index (χ0v) is 11.6. The number of alkyl carbamates (subject to hydrolysis) is 1. The Kier molecular flexibility index (Phi) is 3.73. The Balaban J connectivity index is 2.47. The first-order chi connectivity index (χ1) is 9.83. The van der Waals surface area contributed by atoms with Crippen LogP contribution in [0.15, 0.2) is 23.3 Å². The molecular formula is C13H13F6NO2. The molecule has 2 rings (SSSR count). The van der Waals surface area contributed by atoms with Crippen LogP contribution in [0.3, 0.4) is 0 Å². The van der Waals surface area contributed by atoms with Gasteiger partial charge in [0.2, 0.25) is 0 Å². The van der Waals surface area contributed by atoms with E-state index < -0.39 is 53.6 Å². The maximum absolute atomic E-state index is 12.9. The van der Waals surface area contributed by atoms with Crippen LogP contribution < -0.4 is 5.32 Å². The molecule has 1 fully saturated rings. The van der Waals surface area contributed by atoms with E-state index in [0.717, 1.165) is 0 Å². The SMILES string of the molecule is C[C@@H]1NC(=O)O[C@@H]1C1(C)C=C(C(F)(F)F)C=C(C(F)(F)F)C1. The van der Waals surface area contributed by atoms with Gasteiger partial charge >= 0.3 is 18.4 Å². The molecule has 3 nitrogen and oxygen atoms in total. The Morgan fingerprint density at radius 3 is 2.23 bits per heavy atom. The van der Waals surface area contributed by atoms with Crippen molar-refractivity contribution >= 4 is 6.09 Å². The van der Waals surface area contributed by atoms with Crippen LogP contribution in [0.5, 0.6) is 0 Å². The van der Waals surface area contributed by atoms with Crippen molar-refractivity contribution in [2.45, 2.75) is 44.8 Å². The van der Waals surface area contributed by atoms with Gasteiger partial charge in [0, 0.05) is 11.0 Å². The molecule has 1 N–H and O–H groups in total. The predicted octanol–water partition coefficient (Wildman–Crippen LogP) is 3.87. The van der Waals surface area contributed by atoms with Gasteiger partial charge in [-0.3, -0.25) is 0 Å². The van der Waals surface area contributed by atoms with Crippen LogP contribution >= 0.6 is 0 Å². The average molecular weight is 329 g/mol. The van der Waals surface area contributed by atoms with Crippen molar-refractivity contribution in [3.8, 4) is 0 Å². The van der Waals surface area contributed by atoms with Gasteiger partial charge in [0.25, 0.3) is 0 Å². The summed E-state index contributed by atoms with van der Waals surface area (Å²) in [5, 5.41) is 2.32. The smallest absolute Gasteiger partial charge is 0.416 e. The number of allylic oxidation sites excluding steroid dienone is 3. The number of hydrogen-bond donors (Lipinski definition) is 1. The number of cyclic esters (lactones) is 1. The van der Waals surface area contributed by atoms with Crippen molar-refractivity contribution < 1.29 is 35.9 Å².